The highest BCUT2D eigenvalue weighted by atomic mass is 16.1. The predicted molar refractivity (Wildman–Crippen MR) is 211 cm³/mol. The summed E-state index contributed by atoms with van der Waals surface area (Å²) in [6.07, 6.45) is 35.4. The molecule has 0 aliphatic carbocycles. The van der Waals surface area contributed by atoms with E-state index in [9.17, 15) is 9.59 Å². The average Bonchev–Trinajstić information content (AvgIpc) is 3.10. The number of hydrogen-bond acceptors (Lipinski definition) is 2. The van der Waals surface area contributed by atoms with E-state index >= 15 is 0 Å². The smallest absolute Gasteiger partial charge is 0.163 e. The highest BCUT2D eigenvalue weighted by molar-refractivity contribution is 6.15. The van der Waals surface area contributed by atoms with Gasteiger partial charge in [0.05, 0.1) is 0 Å². The molecule has 0 saturated heterocycles. The lowest BCUT2D eigenvalue weighted by molar-refractivity contribution is 0.0972. The number of unbranched alkanes of at least 4 members (excludes halogenated alkanes) is 24. The van der Waals surface area contributed by atoms with Crippen molar-refractivity contribution in [2.24, 2.45) is 0 Å². The summed E-state index contributed by atoms with van der Waals surface area (Å²) in [5, 5.41) is 4.15. The van der Waals surface area contributed by atoms with Crippen molar-refractivity contribution in [2.75, 3.05) is 0 Å². The molecule has 3 aromatic rings. The van der Waals surface area contributed by atoms with Crippen LogP contribution >= 0.6 is 0 Å². The van der Waals surface area contributed by atoms with Gasteiger partial charge in [0.2, 0.25) is 0 Å². The predicted octanol–water partition coefficient (Wildman–Crippen LogP) is 15.3. The van der Waals surface area contributed by atoms with Gasteiger partial charge >= 0.3 is 0 Å². The van der Waals surface area contributed by atoms with E-state index in [0.717, 1.165) is 58.4 Å². The normalized spacial score (nSPS) is 11.5. The highest BCUT2D eigenvalue weighted by Crippen LogP contribution is 2.30. The maximum atomic E-state index is 13.3. The van der Waals surface area contributed by atoms with Crippen molar-refractivity contribution in [2.45, 2.75) is 194 Å². The number of carbonyl (C=O) groups is 2. The number of benzene rings is 3. The minimum atomic E-state index is 0.248. The van der Waals surface area contributed by atoms with Crippen molar-refractivity contribution in [3.8, 4) is 0 Å². The third kappa shape index (κ3) is 15.4. The van der Waals surface area contributed by atoms with Crippen LogP contribution in [0.25, 0.3) is 21.5 Å². The van der Waals surface area contributed by atoms with Crippen molar-refractivity contribution in [3.05, 3.63) is 59.7 Å². The number of hydrogen-bond donors (Lipinski definition) is 0. The Morgan fingerprint density at radius 3 is 0.938 bits per heavy atom. The van der Waals surface area contributed by atoms with Gasteiger partial charge in [-0.2, -0.15) is 0 Å². The molecule has 0 saturated carbocycles. The SMILES string of the molecule is CCCCCCCCCCCCCCCC(=O)c1cccc2cc3c(C(=O)CCCCCCCCCCCCCCC)cccc3cc12. The van der Waals surface area contributed by atoms with Crippen LogP contribution in [0.2, 0.25) is 0 Å². The second-order valence-corrected chi connectivity index (χ2v) is 14.7. The van der Waals surface area contributed by atoms with E-state index in [4.69, 9.17) is 0 Å². The molecule has 0 fully saturated rings. The van der Waals surface area contributed by atoms with Gasteiger partial charge in [-0.15, -0.1) is 0 Å². The summed E-state index contributed by atoms with van der Waals surface area (Å²) < 4.78 is 0. The molecule has 0 bridgehead atoms. The summed E-state index contributed by atoms with van der Waals surface area (Å²) in [5.74, 6) is 0.496. The van der Waals surface area contributed by atoms with Gasteiger partial charge in [-0.05, 0) is 46.5 Å². The molecule has 0 heterocycles. The maximum absolute atomic E-state index is 13.3. The summed E-state index contributed by atoms with van der Waals surface area (Å²) in [6, 6.07) is 16.4. The summed E-state index contributed by atoms with van der Waals surface area (Å²) in [6.45, 7) is 4.56. The number of rotatable bonds is 30. The Morgan fingerprint density at radius 1 is 0.375 bits per heavy atom. The van der Waals surface area contributed by atoms with Crippen LogP contribution in [-0.4, -0.2) is 11.6 Å². The second-order valence-electron chi connectivity index (χ2n) is 14.7. The number of Topliss-reactive ketones (excluding diaryl/α,β-unsaturated/α-hetero) is 2. The monoisotopic (exact) mass is 655 g/mol. The van der Waals surface area contributed by atoms with Crippen molar-refractivity contribution in [1.82, 2.24) is 0 Å². The van der Waals surface area contributed by atoms with Crippen LogP contribution in [0.1, 0.15) is 214 Å². The first-order chi connectivity index (χ1) is 23.7. The van der Waals surface area contributed by atoms with Gasteiger partial charge in [0.1, 0.15) is 0 Å². The minimum absolute atomic E-state index is 0.248. The molecule has 2 heteroatoms. The first-order valence-corrected chi connectivity index (χ1v) is 20.7. The number of ketones is 2. The van der Waals surface area contributed by atoms with Crippen LogP contribution in [0.4, 0.5) is 0 Å². The Labute approximate surface area is 295 Å². The summed E-state index contributed by atoms with van der Waals surface area (Å²) >= 11 is 0. The van der Waals surface area contributed by atoms with Gasteiger partial charge in [0.15, 0.2) is 11.6 Å². The van der Waals surface area contributed by atoms with Gasteiger partial charge < -0.3 is 0 Å². The first kappa shape index (κ1) is 40.0. The fourth-order valence-electron chi connectivity index (χ4n) is 7.41. The molecule has 3 aromatic carbocycles. The lowest BCUT2D eigenvalue weighted by atomic mass is 9.92. The molecule has 3 rings (SSSR count). The molecular formula is C46H70O2. The van der Waals surface area contributed by atoms with E-state index in [1.807, 2.05) is 24.3 Å². The standard InChI is InChI=1S/C46H70O2/c1-3-5-7-9-11-13-15-17-19-21-23-25-27-35-45(47)41-33-29-31-39-38-44-40(37-43(39)41)32-30-34-42(44)46(48)36-28-26-24-22-20-18-16-14-12-10-8-6-4-2/h29-34,37-38H,3-28,35-36H2,1-2H3. The molecule has 0 atom stereocenters. The molecule has 48 heavy (non-hydrogen) atoms. The summed E-state index contributed by atoms with van der Waals surface area (Å²) in [7, 11) is 0. The number of fused-ring (bicyclic) bond motifs is 2. The molecule has 0 unspecified atom stereocenters. The molecule has 0 radical (unpaired) electrons. The second kappa shape index (κ2) is 25.5. The van der Waals surface area contributed by atoms with Gasteiger partial charge in [0.25, 0.3) is 0 Å². The van der Waals surface area contributed by atoms with Crippen LogP contribution in [0, 0.1) is 0 Å². The molecule has 0 aliphatic heterocycles. The van der Waals surface area contributed by atoms with Crippen LogP contribution in [0.15, 0.2) is 48.5 Å². The summed E-state index contributed by atoms with van der Waals surface area (Å²) in [5.41, 5.74) is 1.66. The van der Waals surface area contributed by atoms with Crippen molar-refractivity contribution in [1.29, 1.82) is 0 Å². The van der Waals surface area contributed by atoms with Crippen LogP contribution in [-0.2, 0) is 0 Å². The lowest BCUT2D eigenvalue weighted by Gasteiger charge is -2.11. The Balaban J connectivity index is 1.37. The molecule has 266 valence electrons. The van der Waals surface area contributed by atoms with Crippen molar-refractivity contribution in [3.63, 3.8) is 0 Å². The Hall–Kier alpha value is -2.48. The van der Waals surface area contributed by atoms with Crippen LogP contribution < -0.4 is 0 Å². The fraction of sp³-hybridized carbons (Fsp3) is 0.652. The Kier molecular flexibility index (Phi) is 21.2. The average molecular weight is 655 g/mol. The highest BCUT2D eigenvalue weighted by Gasteiger charge is 2.14. The van der Waals surface area contributed by atoms with E-state index in [0.29, 0.717) is 12.8 Å². The van der Waals surface area contributed by atoms with Gasteiger partial charge in [-0.3, -0.25) is 9.59 Å². The number of carbonyl (C=O) groups excluding carboxylic acids is 2. The zero-order chi connectivity index (χ0) is 34.1. The maximum Gasteiger partial charge on any atom is 0.163 e. The topological polar surface area (TPSA) is 34.1 Å². The van der Waals surface area contributed by atoms with Crippen LogP contribution in [0.3, 0.4) is 0 Å². The third-order valence-corrected chi connectivity index (χ3v) is 10.5. The molecule has 0 aromatic heterocycles. The van der Waals surface area contributed by atoms with E-state index in [1.165, 1.54) is 141 Å². The Bertz CT molecular complexity index is 1200. The fourth-order valence-corrected chi connectivity index (χ4v) is 7.41. The zero-order valence-corrected chi connectivity index (χ0v) is 31.2. The van der Waals surface area contributed by atoms with E-state index < -0.39 is 0 Å². The minimum Gasteiger partial charge on any atom is -0.294 e. The van der Waals surface area contributed by atoms with Crippen molar-refractivity contribution >= 4 is 33.1 Å². The van der Waals surface area contributed by atoms with E-state index in [-0.39, 0.29) is 11.6 Å². The molecule has 0 aliphatic rings. The Morgan fingerprint density at radius 2 is 0.646 bits per heavy atom. The van der Waals surface area contributed by atoms with Crippen molar-refractivity contribution < 1.29 is 9.59 Å². The first-order valence-electron chi connectivity index (χ1n) is 20.7. The van der Waals surface area contributed by atoms with Gasteiger partial charge in [0, 0.05) is 24.0 Å². The van der Waals surface area contributed by atoms with Gasteiger partial charge in [-0.1, -0.05) is 204 Å². The van der Waals surface area contributed by atoms with E-state index in [1.54, 1.807) is 0 Å². The van der Waals surface area contributed by atoms with Crippen LogP contribution in [0.5, 0.6) is 0 Å². The third-order valence-electron chi connectivity index (χ3n) is 10.5. The summed E-state index contributed by atoms with van der Waals surface area (Å²) in [4.78, 5) is 26.6. The van der Waals surface area contributed by atoms with Gasteiger partial charge in [-0.25, -0.2) is 0 Å². The van der Waals surface area contributed by atoms with E-state index in [2.05, 4.69) is 38.1 Å². The zero-order valence-electron chi connectivity index (χ0n) is 31.2. The molecule has 0 amide bonds. The molecular weight excluding hydrogens is 585 g/mol. The largest absolute Gasteiger partial charge is 0.294 e. The molecule has 0 N–H and O–H groups in total. The molecule has 0 spiro atoms. The quantitative estimate of drug-likeness (QED) is 0.0407. The molecule has 2 nitrogen and oxygen atoms in total. The lowest BCUT2D eigenvalue weighted by Crippen LogP contribution is -2.02.